The second-order valence-electron chi connectivity index (χ2n) is 6.30. The van der Waals surface area contributed by atoms with Gasteiger partial charge in [-0.3, -0.25) is 9.78 Å². The lowest BCUT2D eigenvalue weighted by Gasteiger charge is -2.22. The van der Waals surface area contributed by atoms with Crippen molar-refractivity contribution in [2.75, 3.05) is 7.11 Å². The SMILES string of the molecule is COc1ccc(C(=O)N[C@@H](c2ccc(CF)cc2)c2ncccc2C(F)(F)F)nc1. The van der Waals surface area contributed by atoms with Crippen LogP contribution in [-0.2, 0) is 12.9 Å². The minimum Gasteiger partial charge on any atom is -0.495 e. The Morgan fingerprint density at radius 2 is 1.83 bits per heavy atom. The van der Waals surface area contributed by atoms with E-state index in [-0.39, 0.29) is 11.4 Å². The van der Waals surface area contributed by atoms with E-state index in [1.54, 1.807) is 0 Å². The van der Waals surface area contributed by atoms with Gasteiger partial charge in [0.25, 0.3) is 5.91 Å². The van der Waals surface area contributed by atoms with Crippen molar-refractivity contribution in [2.45, 2.75) is 18.9 Å². The first-order valence-corrected chi connectivity index (χ1v) is 8.81. The second kappa shape index (κ2) is 8.89. The maximum Gasteiger partial charge on any atom is 0.418 e. The monoisotopic (exact) mass is 419 g/mol. The van der Waals surface area contributed by atoms with Gasteiger partial charge >= 0.3 is 6.18 Å². The van der Waals surface area contributed by atoms with Crippen molar-refractivity contribution in [3.63, 3.8) is 0 Å². The van der Waals surface area contributed by atoms with Crippen LogP contribution in [0.25, 0.3) is 0 Å². The average molecular weight is 419 g/mol. The molecule has 0 radical (unpaired) electrons. The number of benzene rings is 1. The quantitative estimate of drug-likeness (QED) is 0.598. The van der Waals surface area contributed by atoms with Crippen LogP contribution < -0.4 is 10.1 Å². The molecule has 5 nitrogen and oxygen atoms in total. The maximum absolute atomic E-state index is 13.6. The van der Waals surface area contributed by atoms with Crippen LogP contribution in [-0.4, -0.2) is 23.0 Å². The molecule has 1 amide bonds. The van der Waals surface area contributed by atoms with E-state index in [1.165, 1.54) is 62.0 Å². The van der Waals surface area contributed by atoms with Crippen molar-refractivity contribution >= 4 is 5.91 Å². The zero-order chi connectivity index (χ0) is 21.7. The van der Waals surface area contributed by atoms with Crippen molar-refractivity contribution in [1.82, 2.24) is 15.3 Å². The van der Waals surface area contributed by atoms with E-state index in [4.69, 9.17) is 4.74 Å². The lowest BCUT2D eigenvalue weighted by molar-refractivity contribution is -0.138. The van der Waals surface area contributed by atoms with Gasteiger partial charge in [-0.1, -0.05) is 24.3 Å². The Labute approximate surface area is 169 Å². The van der Waals surface area contributed by atoms with Crippen molar-refractivity contribution in [1.29, 1.82) is 0 Å². The van der Waals surface area contributed by atoms with Gasteiger partial charge in [-0.2, -0.15) is 13.2 Å². The average Bonchev–Trinajstić information content (AvgIpc) is 2.77. The molecular formula is C21H17F4N3O2. The van der Waals surface area contributed by atoms with Gasteiger partial charge in [-0.15, -0.1) is 0 Å². The minimum atomic E-state index is -4.68. The van der Waals surface area contributed by atoms with Gasteiger partial charge in [-0.25, -0.2) is 9.37 Å². The molecule has 0 saturated carbocycles. The third-order valence-corrected chi connectivity index (χ3v) is 4.36. The van der Waals surface area contributed by atoms with Gasteiger partial charge in [0.15, 0.2) is 0 Å². The van der Waals surface area contributed by atoms with Gasteiger partial charge < -0.3 is 10.1 Å². The van der Waals surface area contributed by atoms with E-state index in [0.29, 0.717) is 16.9 Å². The molecule has 0 bridgehead atoms. The number of ether oxygens (including phenoxy) is 1. The van der Waals surface area contributed by atoms with E-state index in [1.807, 2.05) is 0 Å². The van der Waals surface area contributed by atoms with Crippen LogP contribution in [0.15, 0.2) is 60.9 Å². The molecule has 156 valence electrons. The largest absolute Gasteiger partial charge is 0.495 e. The zero-order valence-corrected chi connectivity index (χ0v) is 15.8. The molecule has 0 aliphatic carbocycles. The van der Waals surface area contributed by atoms with Crippen LogP contribution in [0, 0.1) is 0 Å². The third kappa shape index (κ3) is 4.73. The molecule has 1 aromatic carbocycles. The van der Waals surface area contributed by atoms with Crippen molar-refractivity contribution in [3.05, 3.63) is 89.0 Å². The van der Waals surface area contributed by atoms with E-state index in [0.717, 1.165) is 6.07 Å². The first-order chi connectivity index (χ1) is 14.3. The lowest BCUT2D eigenvalue weighted by Crippen LogP contribution is -2.32. The number of amides is 1. The molecular weight excluding hydrogens is 402 g/mol. The molecule has 30 heavy (non-hydrogen) atoms. The number of hydrogen-bond acceptors (Lipinski definition) is 4. The molecule has 0 fully saturated rings. The summed E-state index contributed by atoms with van der Waals surface area (Å²) in [5.74, 6) is -0.273. The van der Waals surface area contributed by atoms with Crippen LogP contribution >= 0.6 is 0 Å². The topological polar surface area (TPSA) is 64.1 Å². The molecule has 1 N–H and O–H groups in total. The molecule has 2 aromatic heterocycles. The van der Waals surface area contributed by atoms with Gasteiger partial charge in [-0.05, 0) is 35.4 Å². The number of aromatic nitrogens is 2. The van der Waals surface area contributed by atoms with Crippen molar-refractivity contribution < 1.29 is 27.1 Å². The van der Waals surface area contributed by atoms with Gasteiger partial charge in [0.2, 0.25) is 0 Å². The number of methoxy groups -OCH3 is 1. The summed E-state index contributed by atoms with van der Waals surface area (Å²) in [6.45, 7) is -0.718. The number of nitrogens with one attached hydrogen (secondary N) is 1. The Morgan fingerprint density at radius 1 is 1.10 bits per heavy atom. The number of alkyl halides is 4. The summed E-state index contributed by atoms with van der Waals surface area (Å²) in [7, 11) is 1.44. The summed E-state index contributed by atoms with van der Waals surface area (Å²) in [6, 6.07) is 9.52. The molecule has 1 atom stereocenters. The molecule has 0 aliphatic heterocycles. The first kappa shape index (κ1) is 21.2. The van der Waals surface area contributed by atoms with Crippen molar-refractivity contribution in [2.24, 2.45) is 0 Å². The highest BCUT2D eigenvalue weighted by Crippen LogP contribution is 2.35. The highest BCUT2D eigenvalue weighted by atomic mass is 19.4. The van der Waals surface area contributed by atoms with Gasteiger partial charge in [0.05, 0.1) is 30.6 Å². The van der Waals surface area contributed by atoms with Crippen LogP contribution in [0.1, 0.15) is 38.9 Å². The highest BCUT2D eigenvalue weighted by molar-refractivity contribution is 5.92. The third-order valence-electron chi connectivity index (χ3n) is 4.36. The fraction of sp³-hybridized carbons (Fsp3) is 0.190. The Balaban J connectivity index is 2.03. The minimum absolute atomic E-state index is 0.00864. The molecule has 0 aliphatic rings. The van der Waals surface area contributed by atoms with Gasteiger partial charge in [0, 0.05) is 6.20 Å². The molecule has 0 saturated heterocycles. The summed E-state index contributed by atoms with van der Waals surface area (Å²) in [4.78, 5) is 20.6. The summed E-state index contributed by atoms with van der Waals surface area (Å²) in [5, 5.41) is 2.55. The predicted octanol–water partition coefficient (Wildman–Crippen LogP) is 4.49. The van der Waals surface area contributed by atoms with E-state index >= 15 is 0 Å². The summed E-state index contributed by atoms with van der Waals surface area (Å²) in [6.07, 6.45) is -2.14. The number of carbonyl (C=O) groups is 1. The van der Waals surface area contributed by atoms with E-state index in [2.05, 4.69) is 15.3 Å². The summed E-state index contributed by atoms with van der Waals surface area (Å²) in [5.41, 5.74) is -0.686. The van der Waals surface area contributed by atoms with Gasteiger partial charge in [0.1, 0.15) is 18.1 Å². The Kier molecular flexibility index (Phi) is 6.29. The smallest absolute Gasteiger partial charge is 0.418 e. The number of carbonyl (C=O) groups excluding carboxylic acids is 1. The van der Waals surface area contributed by atoms with E-state index in [9.17, 15) is 22.4 Å². The molecule has 3 rings (SSSR count). The number of rotatable bonds is 6. The summed E-state index contributed by atoms with van der Waals surface area (Å²) >= 11 is 0. The Hall–Kier alpha value is -3.49. The van der Waals surface area contributed by atoms with Crippen molar-refractivity contribution in [3.8, 4) is 5.75 Å². The van der Waals surface area contributed by atoms with Crippen LogP contribution in [0.5, 0.6) is 5.75 Å². The fourth-order valence-corrected chi connectivity index (χ4v) is 2.84. The summed E-state index contributed by atoms with van der Waals surface area (Å²) < 4.78 is 58.5. The lowest BCUT2D eigenvalue weighted by atomic mass is 9.97. The molecule has 0 spiro atoms. The molecule has 2 heterocycles. The number of nitrogens with zero attached hydrogens (tertiary/aromatic N) is 2. The second-order valence-corrected chi connectivity index (χ2v) is 6.30. The molecule has 3 aromatic rings. The van der Waals surface area contributed by atoms with E-state index < -0.39 is 30.4 Å². The predicted molar refractivity (Wildman–Crippen MR) is 101 cm³/mol. The molecule has 9 heteroatoms. The number of hydrogen-bond donors (Lipinski definition) is 1. The highest BCUT2D eigenvalue weighted by Gasteiger charge is 2.37. The van der Waals surface area contributed by atoms with Crippen LogP contribution in [0.3, 0.4) is 0 Å². The van der Waals surface area contributed by atoms with Crippen LogP contribution in [0.2, 0.25) is 0 Å². The Bertz CT molecular complexity index is 1010. The number of pyridine rings is 2. The normalized spacial score (nSPS) is 12.3. The zero-order valence-electron chi connectivity index (χ0n) is 15.8. The first-order valence-electron chi connectivity index (χ1n) is 8.81. The maximum atomic E-state index is 13.6. The standard InChI is InChI=1S/C21H17F4N3O2/c1-30-15-8-9-17(27-12-15)20(29)28-18(14-6-4-13(11-22)5-7-14)19-16(21(23,24)25)3-2-10-26-19/h2-10,12,18H,11H2,1H3,(H,28,29)/t18-/m0/s1. The van der Waals surface area contributed by atoms with Crippen LogP contribution in [0.4, 0.5) is 17.6 Å². The Morgan fingerprint density at radius 3 is 2.40 bits per heavy atom. The number of halogens is 4. The fourth-order valence-electron chi connectivity index (χ4n) is 2.84. The molecule has 0 unspecified atom stereocenters.